The SMILES string of the molecule is CN(C)C/C=C(/c1ccc(C(F)(F)F)cc1)c1cccnc1. The van der Waals surface area contributed by atoms with Gasteiger partial charge in [0, 0.05) is 24.5 Å². The van der Waals surface area contributed by atoms with E-state index in [0.29, 0.717) is 6.54 Å². The summed E-state index contributed by atoms with van der Waals surface area (Å²) in [5, 5.41) is 0. The van der Waals surface area contributed by atoms with Crippen molar-refractivity contribution in [3.63, 3.8) is 0 Å². The third-order valence-electron chi connectivity index (χ3n) is 3.16. The van der Waals surface area contributed by atoms with Gasteiger partial charge in [-0.3, -0.25) is 4.98 Å². The van der Waals surface area contributed by atoms with E-state index in [4.69, 9.17) is 0 Å². The summed E-state index contributed by atoms with van der Waals surface area (Å²) >= 11 is 0. The average molecular weight is 306 g/mol. The molecule has 2 nitrogen and oxygen atoms in total. The fraction of sp³-hybridized carbons (Fsp3) is 0.235. The molecule has 0 fully saturated rings. The molecule has 22 heavy (non-hydrogen) atoms. The molecule has 0 unspecified atom stereocenters. The number of benzene rings is 1. The standard InChI is InChI=1S/C17H17F3N2/c1-22(2)11-9-16(14-4-3-10-21-12-14)13-5-7-15(8-6-13)17(18,19)20/h3-10,12H,11H2,1-2H3/b16-9-. The lowest BCUT2D eigenvalue weighted by molar-refractivity contribution is -0.137. The molecule has 5 heteroatoms. The van der Waals surface area contributed by atoms with Crippen LogP contribution in [0.3, 0.4) is 0 Å². The molecule has 2 rings (SSSR count). The van der Waals surface area contributed by atoms with Gasteiger partial charge in [-0.25, -0.2) is 0 Å². The summed E-state index contributed by atoms with van der Waals surface area (Å²) in [6.07, 6.45) is 1.04. The monoisotopic (exact) mass is 306 g/mol. The minimum Gasteiger partial charge on any atom is -0.306 e. The second-order valence-corrected chi connectivity index (χ2v) is 5.20. The summed E-state index contributed by atoms with van der Waals surface area (Å²) < 4.78 is 38.0. The zero-order chi connectivity index (χ0) is 16.2. The number of nitrogens with zero attached hydrogens (tertiary/aromatic N) is 2. The van der Waals surface area contributed by atoms with Crippen molar-refractivity contribution in [1.82, 2.24) is 9.88 Å². The molecule has 1 aromatic carbocycles. The van der Waals surface area contributed by atoms with Gasteiger partial charge in [0.2, 0.25) is 0 Å². The lowest BCUT2D eigenvalue weighted by atomic mass is 9.97. The van der Waals surface area contributed by atoms with E-state index < -0.39 is 11.7 Å². The molecule has 0 spiro atoms. The zero-order valence-electron chi connectivity index (χ0n) is 12.4. The van der Waals surface area contributed by atoms with Crippen molar-refractivity contribution in [3.8, 4) is 0 Å². The molecule has 0 amide bonds. The van der Waals surface area contributed by atoms with Crippen LogP contribution in [0.5, 0.6) is 0 Å². The minimum absolute atomic E-state index is 0.644. The van der Waals surface area contributed by atoms with Crippen molar-refractivity contribution >= 4 is 5.57 Å². The maximum absolute atomic E-state index is 12.7. The normalized spacial score (nSPS) is 12.7. The van der Waals surface area contributed by atoms with Crippen molar-refractivity contribution in [2.75, 3.05) is 20.6 Å². The van der Waals surface area contributed by atoms with Crippen LogP contribution in [0, 0.1) is 0 Å². The van der Waals surface area contributed by atoms with Crippen LogP contribution in [-0.4, -0.2) is 30.5 Å². The Morgan fingerprint density at radius 3 is 2.27 bits per heavy atom. The molecule has 0 aliphatic carbocycles. The highest BCUT2D eigenvalue weighted by Crippen LogP contribution is 2.31. The van der Waals surface area contributed by atoms with E-state index in [1.54, 1.807) is 12.4 Å². The van der Waals surface area contributed by atoms with Crippen molar-refractivity contribution in [2.45, 2.75) is 6.18 Å². The molecule has 0 radical (unpaired) electrons. The van der Waals surface area contributed by atoms with Crippen LogP contribution in [0.1, 0.15) is 16.7 Å². The Bertz CT molecular complexity index is 629. The summed E-state index contributed by atoms with van der Waals surface area (Å²) in [6, 6.07) is 8.91. The van der Waals surface area contributed by atoms with Crippen molar-refractivity contribution in [1.29, 1.82) is 0 Å². The third-order valence-corrected chi connectivity index (χ3v) is 3.16. The summed E-state index contributed by atoms with van der Waals surface area (Å²) in [5.41, 5.74) is 1.84. The first-order valence-corrected chi connectivity index (χ1v) is 6.81. The number of likely N-dealkylation sites (N-methyl/N-ethyl adjacent to an activating group) is 1. The number of rotatable bonds is 4. The van der Waals surface area contributed by atoms with E-state index in [1.165, 1.54) is 12.1 Å². The first-order valence-electron chi connectivity index (χ1n) is 6.81. The molecule has 0 saturated heterocycles. The van der Waals surface area contributed by atoms with Gasteiger partial charge in [-0.05, 0) is 43.4 Å². The maximum Gasteiger partial charge on any atom is 0.416 e. The number of hydrogen-bond acceptors (Lipinski definition) is 2. The van der Waals surface area contributed by atoms with Gasteiger partial charge in [-0.15, -0.1) is 0 Å². The number of alkyl halides is 3. The van der Waals surface area contributed by atoms with E-state index in [0.717, 1.165) is 28.8 Å². The second kappa shape index (κ2) is 6.75. The Morgan fingerprint density at radius 1 is 1.09 bits per heavy atom. The third kappa shape index (κ3) is 4.18. The Hall–Kier alpha value is -2.14. The van der Waals surface area contributed by atoms with Crippen molar-refractivity contribution in [2.24, 2.45) is 0 Å². The highest BCUT2D eigenvalue weighted by molar-refractivity contribution is 5.79. The predicted molar refractivity (Wildman–Crippen MR) is 81.3 cm³/mol. The van der Waals surface area contributed by atoms with E-state index in [-0.39, 0.29) is 0 Å². The molecular formula is C17H17F3N2. The summed E-state index contributed by atoms with van der Waals surface area (Å²) in [6.45, 7) is 0.686. The van der Waals surface area contributed by atoms with Crippen LogP contribution < -0.4 is 0 Å². The zero-order valence-corrected chi connectivity index (χ0v) is 12.4. The van der Waals surface area contributed by atoms with Gasteiger partial charge in [0.1, 0.15) is 0 Å². The molecule has 0 saturated carbocycles. The van der Waals surface area contributed by atoms with Crippen LogP contribution in [0.15, 0.2) is 54.9 Å². The summed E-state index contributed by atoms with van der Waals surface area (Å²) in [5.74, 6) is 0. The molecule has 0 N–H and O–H groups in total. The van der Waals surface area contributed by atoms with Crippen LogP contribution in [0.2, 0.25) is 0 Å². The van der Waals surface area contributed by atoms with Crippen molar-refractivity contribution < 1.29 is 13.2 Å². The molecule has 0 bridgehead atoms. The minimum atomic E-state index is -4.32. The lowest BCUT2D eigenvalue weighted by Gasteiger charge is -2.12. The topological polar surface area (TPSA) is 16.1 Å². The molecule has 1 aromatic heterocycles. The molecule has 0 aliphatic rings. The smallest absolute Gasteiger partial charge is 0.306 e. The van der Waals surface area contributed by atoms with E-state index >= 15 is 0 Å². The number of hydrogen-bond donors (Lipinski definition) is 0. The molecule has 1 heterocycles. The molecule has 2 aromatic rings. The van der Waals surface area contributed by atoms with Gasteiger partial charge >= 0.3 is 6.18 Å². The van der Waals surface area contributed by atoms with Gasteiger partial charge in [0.25, 0.3) is 0 Å². The maximum atomic E-state index is 12.7. The van der Waals surface area contributed by atoms with Crippen LogP contribution in [0.4, 0.5) is 13.2 Å². The highest BCUT2D eigenvalue weighted by atomic mass is 19.4. The van der Waals surface area contributed by atoms with Gasteiger partial charge in [-0.2, -0.15) is 13.2 Å². The Kier molecular flexibility index (Phi) is 4.98. The first-order chi connectivity index (χ1) is 10.4. The summed E-state index contributed by atoms with van der Waals surface area (Å²) in [7, 11) is 3.87. The van der Waals surface area contributed by atoms with Crippen LogP contribution in [-0.2, 0) is 6.18 Å². The van der Waals surface area contributed by atoms with Gasteiger partial charge in [0.05, 0.1) is 5.56 Å². The number of aromatic nitrogens is 1. The highest BCUT2D eigenvalue weighted by Gasteiger charge is 2.30. The average Bonchev–Trinajstić information content (AvgIpc) is 2.48. The van der Waals surface area contributed by atoms with E-state index in [2.05, 4.69) is 4.98 Å². The quantitative estimate of drug-likeness (QED) is 0.845. The Morgan fingerprint density at radius 2 is 1.77 bits per heavy atom. The Labute approximate surface area is 127 Å². The number of halogens is 3. The van der Waals surface area contributed by atoms with Crippen LogP contribution in [0.25, 0.3) is 5.57 Å². The summed E-state index contributed by atoms with van der Waals surface area (Å²) in [4.78, 5) is 6.07. The largest absolute Gasteiger partial charge is 0.416 e. The first kappa shape index (κ1) is 16.2. The van der Waals surface area contributed by atoms with Gasteiger partial charge in [-0.1, -0.05) is 24.3 Å². The van der Waals surface area contributed by atoms with Crippen LogP contribution >= 0.6 is 0 Å². The Balaban J connectivity index is 2.39. The lowest BCUT2D eigenvalue weighted by Crippen LogP contribution is -2.11. The van der Waals surface area contributed by atoms with E-state index in [9.17, 15) is 13.2 Å². The number of pyridine rings is 1. The molecular weight excluding hydrogens is 289 g/mol. The van der Waals surface area contributed by atoms with Gasteiger partial charge < -0.3 is 4.90 Å². The second-order valence-electron chi connectivity index (χ2n) is 5.20. The molecule has 116 valence electrons. The van der Waals surface area contributed by atoms with Crippen molar-refractivity contribution in [3.05, 3.63) is 71.6 Å². The molecule has 0 aliphatic heterocycles. The van der Waals surface area contributed by atoms with E-state index in [1.807, 2.05) is 37.2 Å². The fourth-order valence-electron chi connectivity index (χ4n) is 2.04. The predicted octanol–water partition coefficient (Wildman–Crippen LogP) is 4.09. The molecule has 0 atom stereocenters. The van der Waals surface area contributed by atoms with Gasteiger partial charge in [0.15, 0.2) is 0 Å². The fourth-order valence-corrected chi connectivity index (χ4v) is 2.04.